The second kappa shape index (κ2) is 3.01. The van der Waals surface area contributed by atoms with Crippen molar-refractivity contribution in [2.24, 2.45) is 15.8 Å². The van der Waals surface area contributed by atoms with Gasteiger partial charge in [0.2, 0.25) is 5.96 Å². The van der Waals surface area contributed by atoms with Crippen molar-refractivity contribution >= 4 is 12.7 Å². The van der Waals surface area contributed by atoms with Gasteiger partial charge in [0.05, 0.1) is 0 Å². The minimum Gasteiger partial charge on any atom is -0.368 e. The number of guanidine groups is 1. The summed E-state index contributed by atoms with van der Waals surface area (Å²) in [7, 11) is 3.27. The Hall–Kier alpha value is -1.06. The van der Waals surface area contributed by atoms with Crippen LogP contribution in [0.25, 0.3) is 0 Å². The van der Waals surface area contributed by atoms with Crippen molar-refractivity contribution < 1.29 is 0 Å². The zero-order valence-corrected chi connectivity index (χ0v) is 5.13. The minimum atomic E-state index is 0.361. The number of hydrazone groups is 1. The Kier molecular flexibility index (Phi) is 2.61. The van der Waals surface area contributed by atoms with Crippen molar-refractivity contribution in [2.45, 2.75) is 0 Å². The summed E-state index contributed by atoms with van der Waals surface area (Å²) < 4.78 is 0. The summed E-state index contributed by atoms with van der Waals surface area (Å²) in [5.74, 6) is 0.361. The first kappa shape index (κ1) is 6.94. The lowest BCUT2D eigenvalue weighted by molar-refractivity contribution is 0.542. The fraction of sp³-hybridized carbons (Fsp3) is 0.500. The van der Waals surface area contributed by atoms with E-state index in [1.165, 1.54) is 5.01 Å². The van der Waals surface area contributed by atoms with Crippen LogP contribution in [0.1, 0.15) is 0 Å². The van der Waals surface area contributed by atoms with E-state index in [-0.39, 0.29) is 0 Å². The van der Waals surface area contributed by atoms with Gasteiger partial charge in [-0.1, -0.05) is 0 Å². The number of hydrogen-bond donors (Lipinski definition) is 1. The van der Waals surface area contributed by atoms with Crippen LogP contribution in [0.2, 0.25) is 0 Å². The van der Waals surface area contributed by atoms with Gasteiger partial charge in [-0.15, -0.1) is 0 Å². The minimum absolute atomic E-state index is 0.361. The van der Waals surface area contributed by atoms with Gasteiger partial charge in [-0.05, 0) is 0 Å². The number of aliphatic imine (C=N–C) groups is 1. The fourth-order valence-electron chi connectivity index (χ4n) is 0.217. The predicted octanol–water partition coefficient (Wildman–Crippen LogP) is -0.522. The van der Waals surface area contributed by atoms with Crippen LogP contribution in [0, 0.1) is 0 Å². The lowest BCUT2D eigenvalue weighted by Crippen LogP contribution is -2.28. The first-order chi connectivity index (χ1) is 3.72. The van der Waals surface area contributed by atoms with E-state index in [4.69, 9.17) is 5.73 Å². The largest absolute Gasteiger partial charge is 0.368 e. The topological polar surface area (TPSA) is 54.0 Å². The van der Waals surface area contributed by atoms with Crippen LogP contribution in [0.5, 0.6) is 0 Å². The van der Waals surface area contributed by atoms with Gasteiger partial charge in [-0.2, -0.15) is 5.10 Å². The summed E-state index contributed by atoms with van der Waals surface area (Å²) in [4.78, 5) is 3.65. The summed E-state index contributed by atoms with van der Waals surface area (Å²) in [6, 6.07) is 0. The Morgan fingerprint density at radius 2 is 2.25 bits per heavy atom. The number of nitrogens with zero attached hydrogens (tertiary/aromatic N) is 3. The predicted molar refractivity (Wildman–Crippen MR) is 34.9 cm³/mol. The maximum Gasteiger partial charge on any atom is 0.211 e. The summed E-state index contributed by atoms with van der Waals surface area (Å²) >= 11 is 0. The molecule has 0 spiro atoms. The van der Waals surface area contributed by atoms with Gasteiger partial charge in [0.25, 0.3) is 0 Å². The molecule has 0 amide bonds. The van der Waals surface area contributed by atoms with Crippen LogP contribution in [0.3, 0.4) is 0 Å². The second-order valence-corrected chi connectivity index (χ2v) is 1.25. The molecule has 0 aromatic rings. The summed E-state index contributed by atoms with van der Waals surface area (Å²) in [5.41, 5.74) is 5.27. The monoisotopic (exact) mass is 114 g/mol. The molecule has 0 aliphatic rings. The normalized spacial score (nSPS) is 11.0. The van der Waals surface area contributed by atoms with Crippen LogP contribution >= 0.6 is 0 Å². The summed E-state index contributed by atoms with van der Waals surface area (Å²) in [6.07, 6.45) is 0. The molecule has 4 heteroatoms. The van der Waals surface area contributed by atoms with Crippen molar-refractivity contribution in [3.05, 3.63) is 0 Å². The third-order valence-electron chi connectivity index (χ3n) is 0.773. The summed E-state index contributed by atoms with van der Waals surface area (Å²) in [6.45, 7) is 3.24. The first-order valence-corrected chi connectivity index (χ1v) is 2.15. The molecule has 0 rings (SSSR count). The maximum atomic E-state index is 5.27. The second-order valence-electron chi connectivity index (χ2n) is 1.25. The lowest BCUT2D eigenvalue weighted by Gasteiger charge is -2.07. The van der Waals surface area contributed by atoms with E-state index in [1.54, 1.807) is 14.1 Å². The van der Waals surface area contributed by atoms with Crippen molar-refractivity contribution in [1.82, 2.24) is 5.01 Å². The smallest absolute Gasteiger partial charge is 0.211 e. The quantitative estimate of drug-likeness (QED) is 0.283. The van der Waals surface area contributed by atoms with Gasteiger partial charge in [0.15, 0.2) is 0 Å². The highest BCUT2D eigenvalue weighted by Gasteiger charge is 1.91. The van der Waals surface area contributed by atoms with Crippen LogP contribution in [-0.4, -0.2) is 31.8 Å². The van der Waals surface area contributed by atoms with E-state index < -0.39 is 0 Å². The Bertz CT molecular complexity index is 107. The van der Waals surface area contributed by atoms with Crippen LogP contribution in [0.15, 0.2) is 10.1 Å². The molecule has 2 N–H and O–H groups in total. The van der Waals surface area contributed by atoms with E-state index in [0.29, 0.717) is 5.96 Å². The summed E-state index contributed by atoms with van der Waals surface area (Å²) in [5, 5.41) is 4.88. The van der Waals surface area contributed by atoms with Crippen LogP contribution in [-0.2, 0) is 0 Å². The zero-order valence-electron chi connectivity index (χ0n) is 5.13. The van der Waals surface area contributed by atoms with Gasteiger partial charge < -0.3 is 5.73 Å². The molecule has 0 aromatic heterocycles. The molecule has 0 unspecified atom stereocenters. The molecular formula is C4H10N4. The fourth-order valence-corrected chi connectivity index (χ4v) is 0.217. The molecule has 0 aromatic carbocycles. The van der Waals surface area contributed by atoms with Crippen LogP contribution < -0.4 is 5.73 Å². The highest BCUT2D eigenvalue weighted by molar-refractivity contribution is 5.77. The van der Waals surface area contributed by atoms with Crippen molar-refractivity contribution in [3.8, 4) is 0 Å². The first-order valence-electron chi connectivity index (χ1n) is 2.15. The van der Waals surface area contributed by atoms with Gasteiger partial charge >= 0.3 is 0 Å². The molecule has 0 saturated heterocycles. The average molecular weight is 114 g/mol. The molecule has 0 bridgehead atoms. The van der Waals surface area contributed by atoms with Crippen molar-refractivity contribution in [1.29, 1.82) is 0 Å². The van der Waals surface area contributed by atoms with E-state index >= 15 is 0 Å². The van der Waals surface area contributed by atoms with E-state index in [9.17, 15) is 0 Å². The molecule has 0 atom stereocenters. The van der Waals surface area contributed by atoms with Crippen molar-refractivity contribution in [3.63, 3.8) is 0 Å². The van der Waals surface area contributed by atoms with Gasteiger partial charge in [0, 0.05) is 20.8 Å². The number of nitrogens with two attached hydrogens (primary N) is 1. The van der Waals surface area contributed by atoms with E-state index in [0.717, 1.165) is 0 Å². The molecule has 0 fully saturated rings. The van der Waals surface area contributed by atoms with Crippen LogP contribution in [0.4, 0.5) is 0 Å². The molecule has 4 nitrogen and oxygen atoms in total. The van der Waals surface area contributed by atoms with E-state index in [2.05, 4.69) is 16.8 Å². The molecule has 46 valence electrons. The molecule has 0 saturated carbocycles. The Labute approximate surface area is 48.7 Å². The molecule has 0 heterocycles. The van der Waals surface area contributed by atoms with Crippen molar-refractivity contribution in [2.75, 3.05) is 14.1 Å². The number of rotatable bonds is 1. The molecule has 0 radical (unpaired) electrons. The SMILES string of the molecule is C=NN(C)C(N)=NC. The van der Waals surface area contributed by atoms with E-state index in [1.807, 2.05) is 0 Å². The molecular weight excluding hydrogens is 104 g/mol. The highest BCUT2D eigenvalue weighted by Crippen LogP contribution is 1.77. The molecule has 8 heavy (non-hydrogen) atoms. The lowest BCUT2D eigenvalue weighted by atomic mass is 10.9. The zero-order chi connectivity index (χ0) is 6.57. The average Bonchev–Trinajstić information content (AvgIpc) is 1.84. The van der Waals surface area contributed by atoms with Gasteiger partial charge in [0.1, 0.15) is 0 Å². The standard InChI is InChI=1S/C4H10N4/c1-6-4(5)8(3)7-2/h2H2,1,3H3,(H2,5,6). The third-order valence-corrected chi connectivity index (χ3v) is 0.773. The Balaban J connectivity index is 3.81. The molecule has 0 aliphatic carbocycles. The molecule has 0 aliphatic heterocycles. The van der Waals surface area contributed by atoms with Gasteiger partial charge in [-0.25, -0.2) is 5.01 Å². The Morgan fingerprint density at radius 1 is 1.75 bits per heavy atom. The maximum absolute atomic E-state index is 5.27. The highest BCUT2D eigenvalue weighted by atomic mass is 15.5. The Morgan fingerprint density at radius 3 is 2.38 bits per heavy atom. The number of hydrogen-bond acceptors (Lipinski definition) is 2. The van der Waals surface area contributed by atoms with Gasteiger partial charge in [-0.3, -0.25) is 4.99 Å². The third kappa shape index (κ3) is 1.59.